The minimum atomic E-state index is -0.759. The van der Waals surface area contributed by atoms with Crippen LogP contribution in [0.4, 0.5) is 0 Å². The van der Waals surface area contributed by atoms with Gasteiger partial charge < -0.3 is 15.8 Å². The highest BCUT2D eigenvalue weighted by Crippen LogP contribution is 2.31. The lowest BCUT2D eigenvalue weighted by Crippen LogP contribution is -2.50. The maximum absolute atomic E-state index is 12.5. The normalized spacial score (nSPS) is 16.6. The first kappa shape index (κ1) is 17.0. The van der Waals surface area contributed by atoms with Crippen molar-refractivity contribution in [2.75, 3.05) is 0 Å². The van der Waals surface area contributed by atoms with Gasteiger partial charge in [-0.25, -0.2) is 0 Å². The molecule has 2 amide bonds. The lowest BCUT2D eigenvalue weighted by atomic mass is 10.0. The third kappa shape index (κ3) is 3.82. The monoisotopic (exact) mass is 338 g/mol. The van der Waals surface area contributed by atoms with Crippen LogP contribution in [0.1, 0.15) is 22.3 Å². The zero-order valence-corrected chi connectivity index (χ0v) is 14.4. The number of ether oxygens (including phenoxy) is 1. The van der Waals surface area contributed by atoms with Gasteiger partial charge in [0, 0.05) is 12.8 Å². The first-order valence-electron chi connectivity index (χ1n) is 8.34. The Morgan fingerprint density at radius 3 is 2.56 bits per heavy atom. The molecule has 0 aliphatic carbocycles. The molecule has 1 aliphatic rings. The number of rotatable bonds is 5. The molecule has 3 rings (SSSR count). The van der Waals surface area contributed by atoms with Crippen LogP contribution in [0.2, 0.25) is 0 Å². The van der Waals surface area contributed by atoms with E-state index >= 15 is 0 Å². The van der Waals surface area contributed by atoms with Gasteiger partial charge >= 0.3 is 0 Å². The topological polar surface area (TPSA) is 81.4 Å². The molecule has 1 heterocycles. The molecule has 0 fully saturated rings. The van der Waals surface area contributed by atoms with E-state index in [1.165, 1.54) is 5.56 Å². The van der Waals surface area contributed by atoms with Gasteiger partial charge in [-0.2, -0.15) is 0 Å². The predicted molar refractivity (Wildman–Crippen MR) is 95.3 cm³/mol. The summed E-state index contributed by atoms with van der Waals surface area (Å²) in [6, 6.07) is 12.7. The summed E-state index contributed by atoms with van der Waals surface area (Å²) in [4.78, 5) is 24.3. The Morgan fingerprint density at radius 2 is 1.88 bits per heavy atom. The smallest absolute Gasteiger partial charge is 0.262 e. The third-order valence-corrected chi connectivity index (χ3v) is 4.59. The van der Waals surface area contributed by atoms with Crippen LogP contribution in [-0.2, 0) is 22.4 Å². The SMILES string of the molecule is Cc1cc2c(cc1C)O[C@@H](C(=O)N[C@H](Cc1ccccc1)C(N)=O)C2. The molecule has 25 heavy (non-hydrogen) atoms. The summed E-state index contributed by atoms with van der Waals surface area (Å²) in [6.45, 7) is 4.04. The Morgan fingerprint density at radius 1 is 1.20 bits per heavy atom. The molecule has 2 aromatic rings. The van der Waals surface area contributed by atoms with Crippen molar-refractivity contribution in [1.29, 1.82) is 0 Å². The molecule has 0 spiro atoms. The predicted octanol–water partition coefficient (Wildman–Crippen LogP) is 1.82. The van der Waals surface area contributed by atoms with E-state index in [2.05, 4.69) is 5.32 Å². The van der Waals surface area contributed by atoms with Crippen LogP contribution in [0.25, 0.3) is 0 Å². The number of fused-ring (bicyclic) bond motifs is 1. The first-order valence-corrected chi connectivity index (χ1v) is 8.34. The highest BCUT2D eigenvalue weighted by Gasteiger charge is 2.31. The van der Waals surface area contributed by atoms with E-state index < -0.39 is 18.1 Å². The van der Waals surface area contributed by atoms with Crippen LogP contribution in [0.3, 0.4) is 0 Å². The van der Waals surface area contributed by atoms with Gasteiger partial charge in [0.1, 0.15) is 11.8 Å². The van der Waals surface area contributed by atoms with Crippen molar-refractivity contribution in [2.24, 2.45) is 5.73 Å². The second kappa shape index (κ2) is 6.97. The highest BCUT2D eigenvalue weighted by molar-refractivity contribution is 5.89. The summed E-state index contributed by atoms with van der Waals surface area (Å²) in [5.74, 6) is -0.132. The molecule has 0 saturated heterocycles. The van der Waals surface area contributed by atoms with E-state index in [9.17, 15) is 9.59 Å². The number of nitrogens with one attached hydrogen (secondary N) is 1. The first-order chi connectivity index (χ1) is 11.9. The quantitative estimate of drug-likeness (QED) is 0.872. The largest absolute Gasteiger partial charge is 0.480 e. The Hall–Kier alpha value is -2.82. The van der Waals surface area contributed by atoms with Crippen molar-refractivity contribution in [1.82, 2.24) is 5.32 Å². The fraction of sp³-hybridized carbons (Fsp3) is 0.300. The third-order valence-electron chi connectivity index (χ3n) is 4.59. The summed E-state index contributed by atoms with van der Waals surface area (Å²) in [7, 11) is 0. The molecule has 1 aliphatic heterocycles. The number of hydrogen-bond acceptors (Lipinski definition) is 3. The summed E-state index contributed by atoms with van der Waals surface area (Å²) < 4.78 is 5.77. The molecule has 2 atom stereocenters. The fourth-order valence-corrected chi connectivity index (χ4v) is 3.00. The van der Waals surface area contributed by atoms with Crippen molar-refractivity contribution in [2.45, 2.75) is 38.8 Å². The number of aryl methyl sites for hydroxylation is 2. The maximum Gasteiger partial charge on any atom is 0.262 e. The van der Waals surface area contributed by atoms with Gasteiger partial charge in [0.05, 0.1) is 0 Å². The van der Waals surface area contributed by atoms with Gasteiger partial charge in [-0.05, 0) is 42.2 Å². The van der Waals surface area contributed by atoms with Crippen LogP contribution >= 0.6 is 0 Å². The van der Waals surface area contributed by atoms with Gasteiger partial charge in [0.15, 0.2) is 6.10 Å². The second-order valence-electron chi connectivity index (χ2n) is 6.51. The van der Waals surface area contributed by atoms with Crippen molar-refractivity contribution >= 4 is 11.8 Å². The van der Waals surface area contributed by atoms with E-state index in [4.69, 9.17) is 10.5 Å². The van der Waals surface area contributed by atoms with Crippen molar-refractivity contribution < 1.29 is 14.3 Å². The Bertz CT molecular complexity index is 771. The second-order valence-corrected chi connectivity index (χ2v) is 6.51. The maximum atomic E-state index is 12.5. The molecular weight excluding hydrogens is 316 g/mol. The zero-order valence-electron chi connectivity index (χ0n) is 14.4. The molecule has 130 valence electrons. The molecule has 2 aromatic carbocycles. The number of benzene rings is 2. The van der Waals surface area contributed by atoms with Crippen LogP contribution in [-0.4, -0.2) is 24.0 Å². The molecule has 0 aromatic heterocycles. The number of carbonyl (C=O) groups excluding carboxylic acids is 2. The number of nitrogens with two attached hydrogens (primary N) is 1. The number of amides is 2. The lowest BCUT2D eigenvalue weighted by Gasteiger charge is -2.18. The lowest BCUT2D eigenvalue weighted by molar-refractivity contribution is -0.131. The van der Waals surface area contributed by atoms with Gasteiger partial charge in [-0.1, -0.05) is 36.4 Å². The molecule has 0 bridgehead atoms. The summed E-state index contributed by atoms with van der Waals surface area (Å²) in [5, 5.41) is 2.73. The van der Waals surface area contributed by atoms with Crippen LogP contribution in [0.5, 0.6) is 5.75 Å². The zero-order chi connectivity index (χ0) is 18.0. The standard InChI is InChI=1S/C20H22N2O3/c1-12-8-15-11-18(25-17(15)9-13(12)2)20(24)22-16(19(21)23)10-14-6-4-3-5-7-14/h3-9,16,18H,10-11H2,1-2H3,(H2,21,23)(H,22,24)/t16-,18-/m1/s1. The minimum absolute atomic E-state index is 0.314. The van der Waals surface area contributed by atoms with Crippen molar-refractivity contribution in [3.8, 4) is 5.75 Å². The van der Waals surface area contributed by atoms with Crippen LogP contribution in [0, 0.1) is 13.8 Å². The Balaban J connectivity index is 1.67. The Labute approximate surface area is 147 Å². The number of hydrogen-bond donors (Lipinski definition) is 2. The molecular formula is C20H22N2O3. The minimum Gasteiger partial charge on any atom is -0.480 e. The van der Waals surface area contributed by atoms with E-state index in [1.807, 2.05) is 56.3 Å². The summed E-state index contributed by atoms with van der Waals surface area (Å²) >= 11 is 0. The highest BCUT2D eigenvalue weighted by atomic mass is 16.5. The fourth-order valence-electron chi connectivity index (χ4n) is 3.00. The van der Waals surface area contributed by atoms with E-state index in [0.29, 0.717) is 12.8 Å². The molecule has 5 heteroatoms. The van der Waals surface area contributed by atoms with Crippen molar-refractivity contribution in [3.63, 3.8) is 0 Å². The summed E-state index contributed by atoms with van der Waals surface area (Å²) in [6.07, 6.45) is 0.229. The van der Waals surface area contributed by atoms with Crippen LogP contribution in [0.15, 0.2) is 42.5 Å². The van der Waals surface area contributed by atoms with Gasteiger partial charge in [0.2, 0.25) is 5.91 Å². The molecule has 0 unspecified atom stereocenters. The van der Waals surface area contributed by atoms with E-state index in [1.54, 1.807) is 0 Å². The average Bonchev–Trinajstić information content (AvgIpc) is 2.98. The molecule has 0 saturated carbocycles. The molecule has 0 radical (unpaired) electrons. The number of carbonyl (C=O) groups is 2. The van der Waals surface area contributed by atoms with Gasteiger partial charge in [-0.3, -0.25) is 9.59 Å². The summed E-state index contributed by atoms with van der Waals surface area (Å²) in [5.41, 5.74) is 9.71. The van der Waals surface area contributed by atoms with E-state index in [-0.39, 0.29) is 5.91 Å². The number of primary amides is 1. The molecule has 5 nitrogen and oxygen atoms in total. The van der Waals surface area contributed by atoms with Gasteiger partial charge in [-0.15, -0.1) is 0 Å². The Kier molecular flexibility index (Phi) is 4.74. The van der Waals surface area contributed by atoms with Crippen molar-refractivity contribution in [3.05, 3.63) is 64.7 Å². The van der Waals surface area contributed by atoms with Crippen LogP contribution < -0.4 is 15.8 Å². The average molecular weight is 338 g/mol. The van der Waals surface area contributed by atoms with E-state index in [0.717, 1.165) is 22.4 Å². The van der Waals surface area contributed by atoms with Gasteiger partial charge in [0.25, 0.3) is 5.91 Å². The molecule has 3 N–H and O–H groups in total.